The van der Waals surface area contributed by atoms with Crippen LogP contribution in [0.25, 0.3) is 0 Å². The highest BCUT2D eigenvalue weighted by Crippen LogP contribution is 2.75. The number of nitrogens with one attached hydrogen (secondary N) is 1. The molecule has 1 aromatic heterocycles. The van der Waals surface area contributed by atoms with Gasteiger partial charge in [-0.1, -0.05) is 44.3 Å². The molecule has 214 valence electrons. The summed E-state index contributed by atoms with van der Waals surface area (Å²) >= 11 is 7.51. The van der Waals surface area contributed by atoms with Gasteiger partial charge in [-0.15, -0.1) is 0 Å². The van der Waals surface area contributed by atoms with Crippen molar-refractivity contribution in [3.05, 3.63) is 45.3 Å². The fourth-order valence-corrected chi connectivity index (χ4v) is 13.4. The third kappa shape index (κ3) is 6.03. The average Bonchev–Trinajstić information content (AvgIpc) is 3.23. The number of rotatable bonds is 7. The van der Waals surface area contributed by atoms with Gasteiger partial charge in [0.25, 0.3) is 5.56 Å². The topological polar surface area (TPSA) is 91.8 Å². The predicted molar refractivity (Wildman–Crippen MR) is 155 cm³/mol. The molecule has 8 atom stereocenters. The average molecular weight is 607 g/mol. The van der Waals surface area contributed by atoms with E-state index in [-0.39, 0.29) is 22.5 Å². The molecule has 4 rings (SSSR count). The summed E-state index contributed by atoms with van der Waals surface area (Å²) in [6.07, 6.45) is -0.633. The van der Waals surface area contributed by atoms with Gasteiger partial charge in [0, 0.05) is 17.0 Å². The Hall–Kier alpha value is -0.593. The van der Waals surface area contributed by atoms with Gasteiger partial charge < -0.3 is 18.2 Å². The van der Waals surface area contributed by atoms with Gasteiger partial charge in [-0.3, -0.25) is 14.3 Å². The molecule has 3 aliphatic rings. The van der Waals surface area contributed by atoms with Crippen molar-refractivity contribution in [1.82, 2.24) is 9.55 Å². The lowest BCUT2D eigenvalue weighted by Crippen LogP contribution is -2.49. The van der Waals surface area contributed by atoms with Crippen molar-refractivity contribution in [1.29, 1.82) is 0 Å². The smallest absolute Gasteiger partial charge is 0.330 e. The van der Waals surface area contributed by atoms with E-state index in [4.69, 9.17) is 30.0 Å². The molecular weight excluding hydrogens is 566 g/mol. The Bertz CT molecular complexity index is 1240. The number of aromatic amines is 1. The normalized spacial score (nSPS) is 37.8. The molecule has 0 radical (unpaired) electrons. The summed E-state index contributed by atoms with van der Waals surface area (Å²) in [7, 11) is -2.42. The van der Waals surface area contributed by atoms with Crippen molar-refractivity contribution in [3.63, 3.8) is 0 Å². The van der Waals surface area contributed by atoms with E-state index in [1.165, 1.54) is 12.3 Å². The number of allylic oxidation sites excluding steroid dienone is 1. The molecule has 8 nitrogen and oxygen atoms in total. The van der Waals surface area contributed by atoms with E-state index in [0.29, 0.717) is 5.92 Å². The highest BCUT2D eigenvalue weighted by Gasteiger charge is 2.55. The lowest BCUT2D eigenvalue weighted by molar-refractivity contribution is -0.0440. The van der Waals surface area contributed by atoms with Crippen molar-refractivity contribution in [2.75, 3.05) is 6.61 Å². The number of H-pyrrole nitrogens is 1. The predicted octanol–water partition coefficient (Wildman–Crippen LogP) is 5.67. The van der Waals surface area contributed by atoms with Crippen LogP contribution in [0.5, 0.6) is 0 Å². The SMILES string of the molecule is C=C(C)[C@H]1CC[C@@]2(C)S[P@](=S)(OC[C@H]3O[C@@H](n4ccc(=O)[nH]c4=O)[C@H](F)[C@@H]3O[Si](C)(C)C(C)(C)C)O[C@@H]2C1. The monoisotopic (exact) mass is 606 g/mol. The second kappa shape index (κ2) is 10.7. The van der Waals surface area contributed by atoms with Gasteiger partial charge in [-0.2, -0.15) is 0 Å². The summed E-state index contributed by atoms with van der Waals surface area (Å²) < 4.78 is 42.2. The zero-order valence-corrected chi connectivity index (χ0v) is 26.7. The van der Waals surface area contributed by atoms with Gasteiger partial charge in [0.15, 0.2) is 20.7 Å². The Balaban J connectivity index is 1.55. The maximum absolute atomic E-state index is 16.0. The van der Waals surface area contributed by atoms with E-state index in [0.717, 1.165) is 29.4 Å². The first-order chi connectivity index (χ1) is 17.4. The van der Waals surface area contributed by atoms with Gasteiger partial charge in [0.05, 0.1) is 12.7 Å². The first-order valence-electron chi connectivity index (χ1n) is 13.0. The summed E-state index contributed by atoms with van der Waals surface area (Å²) in [6.45, 7) is 18.6. The first-order valence-corrected chi connectivity index (χ1v) is 20.0. The summed E-state index contributed by atoms with van der Waals surface area (Å²) in [4.78, 5) is 26.2. The third-order valence-electron chi connectivity index (χ3n) is 8.47. The van der Waals surface area contributed by atoms with Crippen molar-refractivity contribution in [3.8, 4) is 0 Å². The molecule has 2 saturated heterocycles. The highest BCUT2D eigenvalue weighted by molar-refractivity contribution is 8.68. The Kier molecular flexibility index (Phi) is 8.53. The van der Waals surface area contributed by atoms with Crippen LogP contribution >= 0.6 is 17.1 Å². The Morgan fingerprint density at radius 1 is 1.42 bits per heavy atom. The molecule has 38 heavy (non-hydrogen) atoms. The van der Waals surface area contributed by atoms with Gasteiger partial charge in [-0.05, 0) is 69.0 Å². The number of aromatic nitrogens is 2. The van der Waals surface area contributed by atoms with Gasteiger partial charge in [0.2, 0.25) is 5.69 Å². The van der Waals surface area contributed by atoms with Crippen molar-refractivity contribution in [2.24, 2.45) is 5.92 Å². The number of fused-ring (bicyclic) bond motifs is 1. The molecule has 1 saturated carbocycles. The minimum absolute atomic E-state index is 0.0225. The number of alkyl halides is 1. The van der Waals surface area contributed by atoms with Crippen LogP contribution in [0.2, 0.25) is 18.1 Å². The second-order valence-corrected chi connectivity index (χ2v) is 23.8. The van der Waals surface area contributed by atoms with Crippen LogP contribution in [0.3, 0.4) is 0 Å². The summed E-state index contributed by atoms with van der Waals surface area (Å²) in [5, 5.41) is -0.175. The minimum atomic E-state index is -2.73. The number of hydrogen-bond acceptors (Lipinski definition) is 8. The van der Waals surface area contributed by atoms with E-state index >= 15 is 4.39 Å². The summed E-state index contributed by atoms with van der Waals surface area (Å²) in [6, 6.07) is 1.17. The number of halogens is 1. The van der Waals surface area contributed by atoms with Crippen LogP contribution < -0.4 is 11.2 Å². The summed E-state index contributed by atoms with van der Waals surface area (Å²) in [5.41, 5.74) is -2.88. The van der Waals surface area contributed by atoms with Crippen LogP contribution in [0.4, 0.5) is 4.39 Å². The third-order valence-corrected chi connectivity index (χ3v) is 18.8. The molecular formula is C25H40FN2O6PS2Si. The lowest BCUT2D eigenvalue weighted by Gasteiger charge is -2.39. The van der Waals surface area contributed by atoms with Crippen LogP contribution in [0, 0.1) is 5.92 Å². The van der Waals surface area contributed by atoms with Crippen LogP contribution in [0.1, 0.15) is 60.1 Å². The Morgan fingerprint density at radius 3 is 2.71 bits per heavy atom. The molecule has 3 fully saturated rings. The fourth-order valence-electron chi connectivity index (χ4n) is 4.95. The molecule has 2 aliphatic heterocycles. The van der Waals surface area contributed by atoms with E-state index in [9.17, 15) is 9.59 Å². The highest BCUT2D eigenvalue weighted by atomic mass is 32.9. The van der Waals surface area contributed by atoms with Crippen molar-refractivity contribution in [2.45, 2.75) is 107 Å². The minimum Gasteiger partial charge on any atom is -0.408 e. The largest absolute Gasteiger partial charge is 0.408 e. The van der Waals surface area contributed by atoms with Gasteiger partial charge >= 0.3 is 5.69 Å². The zero-order chi connectivity index (χ0) is 28.3. The molecule has 0 amide bonds. The Morgan fingerprint density at radius 2 is 2.11 bits per heavy atom. The van der Waals surface area contributed by atoms with E-state index in [2.05, 4.69) is 46.2 Å². The molecule has 0 spiro atoms. The van der Waals surface area contributed by atoms with Crippen LogP contribution in [0.15, 0.2) is 34.0 Å². The molecule has 13 heteroatoms. The van der Waals surface area contributed by atoms with E-state index in [1.807, 2.05) is 13.1 Å². The van der Waals surface area contributed by atoms with Crippen LogP contribution in [-0.4, -0.2) is 53.7 Å². The fraction of sp³-hybridized carbons (Fsp3) is 0.760. The lowest BCUT2D eigenvalue weighted by atomic mass is 9.77. The maximum atomic E-state index is 16.0. The number of nitrogens with zero attached hydrogens (tertiary/aromatic N) is 1. The van der Waals surface area contributed by atoms with E-state index in [1.54, 1.807) is 11.4 Å². The molecule has 0 unspecified atom stereocenters. The Labute approximate surface area is 234 Å². The molecule has 1 N–H and O–H groups in total. The number of hydrogen-bond donors (Lipinski definition) is 1. The molecule has 0 aromatic carbocycles. The van der Waals surface area contributed by atoms with Crippen molar-refractivity contribution >= 4 is 37.2 Å². The van der Waals surface area contributed by atoms with Gasteiger partial charge in [-0.25, -0.2) is 9.18 Å². The second-order valence-electron chi connectivity index (χ2n) is 12.4. The summed E-state index contributed by atoms with van der Waals surface area (Å²) in [5.74, 6) is 0.402. The number of ether oxygens (including phenoxy) is 1. The maximum Gasteiger partial charge on any atom is 0.330 e. The van der Waals surface area contributed by atoms with Crippen molar-refractivity contribution < 1.29 is 22.6 Å². The van der Waals surface area contributed by atoms with E-state index < -0.39 is 49.9 Å². The first kappa shape index (κ1) is 30.4. The van der Waals surface area contributed by atoms with Gasteiger partial charge in [0.1, 0.15) is 12.2 Å². The molecule has 1 aromatic rings. The quantitative estimate of drug-likeness (QED) is 0.241. The molecule has 3 heterocycles. The molecule has 0 bridgehead atoms. The molecule has 1 aliphatic carbocycles. The standard InChI is InChI=1S/C25H40FN2O6PS2Si/c1-15(2)16-9-11-25(6)18(13-16)33-35(36,37-25)31-14-17-21(34-38(7,8)24(3,4)5)20(26)22(32-17)28-12-10-19(29)27-23(28)30/h10,12,16-18,20-22H,1,9,11,13-14H2,2-8H3,(H,27,29,30)/t16-,17+,18+,20+,21+,22+,25+,35+/m0/s1. The van der Waals surface area contributed by atoms with Crippen LogP contribution in [-0.2, 0) is 30.0 Å². The zero-order valence-electron chi connectivity index (χ0n) is 23.2.